The minimum absolute atomic E-state index is 0.0963. The molecule has 6 amide bonds. The van der Waals surface area contributed by atoms with E-state index in [0.29, 0.717) is 19.3 Å². The van der Waals surface area contributed by atoms with Crippen LogP contribution >= 0.6 is 0 Å². The van der Waals surface area contributed by atoms with Crippen molar-refractivity contribution in [1.82, 2.24) is 14.7 Å². The predicted octanol–water partition coefficient (Wildman–Crippen LogP) is 3.41. The fraction of sp³-hybridized carbons (Fsp3) is 0.636. The van der Waals surface area contributed by atoms with Crippen LogP contribution in [0.2, 0.25) is 0 Å². The van der Waals surface area contributed by atoms with Gasteiger partial charge in [0.1, 0.15) is 0 Å². The Morgan fingerprint density at radius 2 is 0.738 bits per heavy atom. The van der Waals surface area contributed by atoms with Gasteiger partial charge in [0.25, 0.3) is 0 Å². The van der Waals surface area contributed by atoms with Crippen LogP contribution in [0.1, 0.15) is 77.5 Å². The summed E-state index contributed by atoms with van der Waals surface area (Å²) >= 11 is 0. The molecule has 3 unspecified atom stereocenters. The molecule has 3 saturated heterocycles. The van der Waals surface area contributed by atoms with Crippen molar-refractivity contribution in [1.29, 1.82) is 0 Å². The lowest BCUT2D eigenvalue weighted by molar-refractivity contribution is -0.141. The van der Waals surface area contributed by atoms with Gasteiger partial charge < -0.3 is 0 Å². The summed E-state index contributed by atoms with van der Waals surface area (Å²) in [6.07, 6.45) is 2.14. The molecule has 0 spiro atoms. The fourth-order valence-electron chi connectivity index (χ4n) is 6.39. The highest BCUT2D eigenvalue weighted by Gasteiger charge is 2.41. The summed E-state index contributed by atoms with van der Waals surface area (Å²) in [4.78, 5) is 80.4. The highest BCUT2D eigenvalue weighted by molar-refractivity contribution is 6.04. The standard InChI is InChI=1S/C33H45N3O6/c1-19(2)25-16-28(37)34(31(25)40)10-7-22-13-23(8-11-35-29(38)17-26(20(3)4)32(35)41)15-24(14-22)9-12-36-30(39)18-27(21(5)6)33(36)42/h13-15,19-21,25-27H,7-12,16-18H2,1-6H3. The molecule has 228 valence electrons. The molecule has 0 saturated carbocycles. The van der Waals surface area contributed by atoms with Gasteiger partial charge in [-0.25, -0.2) is 0 Å². The molecule has 0 aliphatic carbocycles. The van der Waals surface area contributed by atoms with Gasteiger partial charge >= 0.3 is 0 Å². The van der Waals surface area contributed by atoms with Crippen molar-refractivity contribution in [2.24, 2.45) is 35.5 Å². The zero-order chi connectivity index (χ0) is 30.9. The maximum absolute atomic E-state index is 12.8. The van der Waals surface area contributed by atoms with E-state index in [0.717, 1.165) is 16.7 Å². The van der Waals surface area contributed by atoms with E-state index in [9.17, 15) is 28.8 Å². The van der Waals surface area contributed by atoms with Gasteiger partial charge in [-0.15, -0.1) is 0 Å². The number of hydrogen-bond donors (Lipinski definition) is 0. The molecule has 1 aromatic carbocycles. The second kappa shape index (κ2) is 12.9. The topological polar surface area (TPSA) is 112 Å². The van der Waals surface area contributed by atoms with Crippen molar-refractivity contribution in [3.8, 4) is 0 Å². The van der Waals surface area contributed by atoms with E-state index in [2.05, 4.69) is 0 Å². The Bertz CT molecular complexity index is 1100. The van der Waals surface area contributed by atoms with Gasteiger partial charge in [-0.05, 0) is 53.7 Å². The third kappa shape index (κ3) is 6.65. The molecule has 9 heteroatoms. The number of carbonyl (C=O) groups is 6. The third-order valence-corrected chi connectivity index (χ3v) is 9.24. The van der Waals surface area contributed by atoms with Crippen LogP contribution in [0.25, 0.3) is 0 Å². The minimum atomic E-state index is -0.283. The van der Waals surface area contributed by atoms with E-state index in [1.54, 1.807) is 0 Å². The van der Waals surface area contributed by atoms with Gasteiger partial charge in [0.2, 0.25) is 35.4 Å². The average Bonchev–Trinajstić information content (AvgIpc) is 3.49. The Morgan fingerprint density at radius 3 is 0.929 bits per heavy atom. The van der Waals surface area contributed by atoms with Crippen LogP contribution in [0, 0.1) is 35.5 Å². The largest absolute Gasteiger partial charge is 0.282 e. The first-order chi connectivity index (χ1) is 19.8. The highest BCUT2D eigenvalue weighted by Crippen LogP contribution is 2.29. The van der Waals surface area contributed by atoms with Crippen molar-refractivity contribution >= 4 is 35.4 Å². The summed E-state index contributed by atoms with van der Waals surface area (Å²) in [5.41, 5.74) is 2.78. The van der Waals surface area contributed by atoms with Crippen molar-refractivity contribution in [2.45, 2.75) is 80.1 Å². The van der Waals surface area contributed by atoms with E-state index < -0.39 is 0 Å². The first-order valence-electron chi connectivity index (χ1n) is 15.4. The zero-order valence-electron chi connectivity index (χ0n) is 25.9. The Balaban J connectivity index is 1.50. The summed E-state index contributed by atoms with van der Waals surface area (Å²) in [6, 6.07) is 6.00. The van der Waals surface area contributed by atoms with Crippen LogP contribution in [-0.4, -0.2) is 69.8 Å². The van der Waals surface area contributed by atoms with Crippen LogP contribution in [0.5, 0.6) is 0 Å². The van der Waals surface area contributed by atoms with Crippen molar-refractivity contribution < 1.29 is 28.8 Å². The second-order valence-electron chi connectivity index (χ2n) is 13.2. The average molecular weight is 580 g/mol. The summed E-state index contributed by atoms with van der Waals surface area (Å²) in [6.45, 7) is 12.6. The van der Waals surface area contributed by atoms with Gasteiger partial charge in [0.15, 0.2) is 0 Å². The van der Waals surface area contributed by atoms with Gasteiger partial charge in [0, 0.05) is 56.7 Å². The maximum atomic E-state index is 12.8. The van der Waals surface area contributed by atoms with E-state index in [1.165, 1.54) is 14.7 Å². The Hall–Kier alpha value is -3.36. The first-order valence-corrected chi connectivity index (χ1v) is 15.4. The highest BCUT2D eigenvalue weighted by atomic mass is 16.2. The minimum Gasteiger partial charge on any atom is -0.282 e. The number of carbonyl (C=O) groups excluding carboxylic acids is 6. The SMILES string of the molecule is CC(C)C1CC(=O)N(CCc2cc(CCN3C(=O)CC(C(C)C)C3=O)cc(CCN3C(=O)CC(C(C)C)C3=O)c2)C1=O. The monoisotopic (exact) mass is 579 g/mol. The van der Waals surface area contributed by atoms with Crippen molar-refractivity contribution in [3.05, 3.63) is 34.9 Å². The van der Waals surface area contributed by atoms with Gasteiger partial charge in [-0.2, -0.15) is 0 Å². The van der Waals surface area contributed by atoms with E-state index in [4.69, 9.17) is 0 Å². The van der Waals surface area contributed by atoms with E-state index in [-0.39, 0.29) is 110 Å². The quantitative estimate of drug-likeness (QED) is 0.351. The first kappa shape index (κ1) is 31.6. The lowest BCUT2D eigenvalue weighted by Gasteiger charge is -2.19. The normalized spacial score (nSPS) is 23.4. The molecule has 9 nitrogen and oxygen atoms in total. The van der Waals surface area contributed by atoms with Gasteiger partial charge in [-0.3, -0.25) is 43.5 Å². The summed E-state index contributed by atoms with van der Waals surface area (Å²) in [5, 5.41) is 0. The number of imide groups is 3. The molecule has 3 aliphatic heterocycles. The molecule has 3 atom stereocenters. The molecule has 42 heavy (non-hydrogen) atoms. The molecule has 0 aromatic heterocycles. The smallest absolute Gasteiger partial charge is 0.233 e. The molecule has 1 aromatic rings. The molecular weight excluding hydrogens is 534 g/mol. The Morgan fingerprint density at radius 1 is 0.500 bits per heavy atom. The molecule has 0 bridgehead atoms. The van der Waals surface area contributed by atoms with Gasteiger partial charge in [-0.1, -0.05) is 59.7 Å². The molecule has 3 heterocycles. The fourth-order valence-corrected chi connectivity index (χ4v) is 6.39. The third-order valence-electron chi connectivity index (χ3n) is 9.24. The summed E-state index contributed by atoms with van der Waals surface area (Å²) in [5.74, 6) is -1.37. The Labute approximate surface area is 249 Å². The van der Waals surface area contributed by atoms with E-state index in [1.807, 2.05) is 59.7 Å². The maximum Gasteiger partial charge on any atom is 0.233 e. The predicted molar refractivity (Wildman–Crippen MR) is 157 cm³/mol. The van der Waals surface area contributed by atoms with Crippen LogP contribution < -0.4 is 0 Å². The number of likely N-dealkylation sites (tertiary alicyclic amines) is 3. The number of nitrogens with zero attached hydrogens (tertiary/aromatic N) is 3. The molecule has 0 radical (unpaired) electrons. The summed E-state index contributed by atoms with van der Waals surface area (Å²) < 4.78 is 0. The van der Waals surface area contributed by atoms with Crippen molar-refractivity contribution in [2.75, 3.05) is 19.6 Å². The van der Waals surface area contributed by atoms with Crippen molar-refractivity contribution in [3.63, 3.8) is 0 Å². The van der Waals surface area contributed by atoms with Crippen LogP contribution in [0.4, 0.5) is 0 Å². The van der Waals surface area contributed by atoms with Gasteiger partial charge in [0.05, 0.1) is 0 Å². The lowest BCUT2D eigenvalue weighted by Crippen LogP contribution is -2.34. The Kier molecular flexibility index (Phi) is 9.68. The van der Waals surface area contributed by atoms with Crippen LogP contribution in [0.15, 0.2) is 18.2 Å². The second-order valence-corrected chi connectivity index (χ2v) is 13.2. The van der Waals surface area contributed by atoms with Crippen LogP contribution in [0.3, 0.4) is 0 Å². The zero-order valence-corrected chi connectivity index (χ0v) is 25.9. The molecule has 3 aliphatic rings. The summed E-state index contributed by atoms with van der Waals surface area (Å²) in [7, 11) is 0. The number of hydrogen-bond acceptors (Lipinski definition) is 6. The number of benzene rings is 1. The number of rotatable bonds is 12. The number of amides is 6. The molecule has 0 N–H and O–H groups in total. The van der Waals surface area contributed by atoms with E-state index >= 15 is 0 Å². The molecule has 4 rings (SSSR count). The lowest BCUT2D eigenvalue weighted by atomic mass is 9.94. The molecular formula is C33H45N3O6. The van der Waals surface area contributed by atoms with Crippen LogP contribution in [-0.2, 0) is 48.0 Å². The molecule has 3 fully saturated rings.